The van der Waals surface area contributed by atoms with Crippen molar-refractivity contribution >= 4 is 23.2 Å². The Kier molecular flexibility index (Phi) is 3.50. The molecule has 0 radical (unpaired) electrons. The summed E-state index contributed by atoms with van der Waals surface area (Å²) in [5.41, 5.74) is 1.07. The molecule has 0 saturated carbocycles. The second-order valence-electron chi connectivity index (χ2n) is 3.61. The Balaban J connectivity index is 2.31. The van der Waals surface area contributed by atoms with Crippen molar-refractivity contribution in [3.63, 3.8) is 0 Å². The molecule has 0 bridgehead atoms. The minimum Gasteiger partial charge on any atom is -0.437 e. The summed E-state index contributed by atoms with van der Waals surface area (Å²) in [5, 5.41) is 0.883. The summed E-state index contributed by atoms with van der Waals surface area (Å²) in [7, 11) is 0. The van der Waals surface area contributed by atoms with E-state index in [9.17, 15) is 0 Å². The third-order valence-corrected chi connectivity index (χ3v) is 2.57. The van der Waals surface area contributed by atoms with Crippen molar-refractivity contribution in [1.82, 2.24) is 9.97 Å². The van der Waals surface area contributed by atoms with Crippen LogP contribution in [-0.4, -0.2) is 9.97 Å². The quantitative estimate of drug-likeness (QED) is 0.766. The van der Waals surface area contributed by atoms with Gasteiger partial charge < -0.3 is 4.74 Å². The van der Waals surface area contributed by atoms with E-state index in [0.717, 1.165) is 5.56 Å². The van der Waals surface area contributed by atoms with Crippen molar-refractivity contribution in [2.75, 3.05) is 0 Å². The van der Waals surface area contributed by atoms with E-state index in [-0.39, 0.29) is 0 Å². The number of halogens is 2. The molecule has 0 atom stereocenters. The number of aryl methyl sites for hydroxylation is 2. The van der Waals surface area contributed by atoms with Crippen molar-refractivity contribution in [3.8, 4) is 11.6 Å². The van der Waals surface area contributed by atoms with Crippen LogP contribution in [-0.2, 0) is 0 Å². The molecule has 17 heavy (non-hydrogen) atoms. The van der Waals surface area contributed by atoms with Gasteiger partial charge in [0.05, 0.1) is 5.02 Å². The fraction of sp³-hybridized carbons (Fsp3) is 0.167. The van der Waals surface area contributed by atoms with Gasteiger partial charge in [0.2, 0.25) is 5.88 Å². The Morgan fingerprint density at radius 2 is 1.82 bits per heavy atom. The molecule has 1 aromatic heterocycles. The van der Waals surface area contributed by atoms with Gasteiger partial charge >= 0.3 is 0 Å². The van der Waals surface area contributed by atoms with Gasteiger partial charge in [-0.1, -0.05) is 29.3 Å². The van der Waals surface area contributed by atoms with Crippen LogP contribution in [0, 0.1) is 13.8 Å². The van der Waals surface area contributed by atoms with Crippen LogP contribution in [0.4, 0.5) is 0 Å². The van der Waals surface area contributed by atoms with Gasteiger partial charge in [-0.2, -0.15) is 4.98 Å². The Morgan fingerprint density at radius 3 is 2.47 bits per heavy atom. The van der Waals surface area contributed by atoms with Gasteiger partial charge in [0.1, 0.15) is 16.7 Å². The number of ether oxygens (including phenoxy) is 1. The first-order valence-corrected chi connectivity index (χ1v) is 5.75. The molecule has 0 aliphatic heterocycles. The lowest BCUT2D eigenvalue weighted by molar-refractivity contribution is 0.460. The van der Waals surface area contributed by atoms with E-state index < -0.39 is 0 Å². The highest BCUT2D eigenvalue weighted by Gasteiger charge is 2.06. The number of benzene rings is 1. The summed E-state index contributed by atoms with van der Waals surface area (Å²) in [4.78, 5) is 8.07. The summed E-state index contributed by atoms with van der Waals surface area (Å²) >= 11 is 11.9. The van der Waals surface area contributed by atoms with Crippen LogP contribution in [0.15, 0.2) is 24.3 Å². The molecule has 0 fully saturated rings. The predicted octanol–water partition coefficient (Wildman–Crippen LogP) is 4.19. The maximum Gasteiger partial charge on any atom is 0.224 e. The summed E-state index contributed by atoms with van der Waals surface area (Å²) in [6.45, 7) is 3.71. The van der Waals surface area contributed by atoms with Crippen LogP contribution in [0.3, 0.4) is 0 Å². The summed E-state index contributed by atoms with van der Waals surface area (Å²) in [6.07, 6.45) is 0. The number of aromatic nitrogens is 2. The number of nitrogens with zero attached hydrogens (tertiary/aromatic N) is 2. The molecule has 0 aliphatic rings. The Labute approximate surface area is 109 Å². The second kappa shape index (κ2) is 4.90. The lowest BCUT2D eigenvalue weighted by Gasteiger charge is -2.07. The van der Waals surface area contributed by atoms with Gasteiger partial charge in [0.15, 0.2) is 0 Å². The number of rotatable bonds is 2. The average molecular weight is 269 g/mol. The molecule has 0 spiro atoms. The maximum atomic E-state index is 6.06. The summed E-state index contributed by atoms with van der Waals surface area (Å²) in [5.74, 6) is 1.48. The van der Waals surface area contributed by atoms with Gasteiger partial charge in [-0.25, -0.2) is 4.98 Å². The molecule has 1 heterocycles. The Bertz CT molecular complexity index is 538. The van der Waals surface area contributed by atoms with Crippen molar-refractivity contribution in [2.45, 2.75) is 13.8 Å². The summed E-state index contributed by atoms with van der Waals surface area (Å²) in [6, 6.07) is 7.08. The first-order chi connectivity index (χ1) is 8.04. The van der Waals surface area contributed by atoms with Gasteiger partial charge in [-0.05, 0) is 31.5 Å². The monoisotopic (exact) mass is 268 g/mol. The van der Waals surface area contributed by atoms with E-state index in [0.29, 0.717) is 27.6 Å². The smallest absolute Gasteiger partial charge is 0.224 e. The molecule has 5 heteroatoms. The van der Waals surface area contributed by atoms with Crippen LogP contribution in [0.5, 0.6) is 11.6 Å². The summed E-state index contributed by atoms with van der Waals surface area (Å²) < 4.78 is 5.56. The first kappa shape index (κ1) is 12.1. The van der Waals surface area contributed by atoms with E-state index in [4.69, 9.17) is 27.9 Å². The van der Waals surface area contributed by atoms with Crippen LogP contribution >= 0.6 is 23.2 Å². The minimum absolute atomic E-state index is 0.343. The zero-order valence-corrected chi connectivity index (χ0v) is 10.9. The first-order valence-electron chi connectivity index (χ1n) is 5.00. The number of hydrogen-bond acceptors (Lipinski definition) is 3. The van der Waals surface area contributed by atoms with Crippen LogP contribution in [0.2, 0.25) is 10.2 Å². The van der Waals surface area contributed by atoms with Crippen molar-refractivity contribution in [2.24, 2.45) is 0 Å². The van der Waals surface area contributed by atoms with Crippen LogP contribution in [0.1, 0.15) is 11.4 Å². The van der Waals surface area contributed by atoms with E-state index in [2.05, 4.69) is 9.97 Å². The molecule has 0 unspecified atom stereocenters. The highest BCUT2D eigenvalue weighted by Crippen LogP contribution is 2.29. The van der Waals surface area contributed by atoms with Crippen molar-refractivity contribution in [3.05, 3.63) is 45.8 Å². The Morgan fingerprint density at radius 1 is 1.06 bits per heavy atom. The minimum atomic E-state index is 0.343. The van der Waals surface area contributed by atoms with Gasteiger partial charge in [-0.15, -0.1) is 0 Å². The normalized spacial score (nSPS) is 10.4. The lowest BCUT2D eigenvalue weighted by Crippen LogP contribution is -1.93. The molecule has 0 N–H and O–H groups in total. The molecule has 88 valence electrons. The molecule has 2 aromatic rings. The van der Waals surface area contributed by atoms with E-state index in [1.165, 1.54) is 0 Å². The predicted molar refractivity (Wildman–Crippen MR) is 68.0 cm³/mol. The zero-order chi connectivity index (χ0) is 12.4. The standard InChI is InChI=1S/C12H10Cl2N2O/c1-7-3-4-10(9(13)5-7)17-12-6-11(14)15-8(2)16-12/h3-6H,1-2H3. The van der Waals surface area contributed by atoms with Gasteiger partial charge in [0, 0.05) is 6.07 Å². The van der Waals surface area contributed by atoms with Crippen LogP contribution in [0.25, 0.3) is 0 Å². The molecule has 0 aliphatic carbocycles. The SMILES string of the molecule is Cc1ccc(Oc2cc(Cl)nc(C)n2)c(Cl)c1. The largest absolute Gasteiger partial charge is 0.437 e. The molecule has 0 amide bonds. The van der Waals surface area contributed by atoms with Gasteiger partial charge in [0.25, 0.3) is 0 Å². The van der Waals surface area contributed by atoms with Crippen LogP contribution < -0.4 is 4.74 Å². The topological polar surface area (TPSA) is 35.0 Å². The van der Waals surface area contributed by atoms with Crippen molar-refractivity contribution < 1.29 is 4.74 Å². The maximum absolute atomic E-state index is 6.06. The lowest BCUT2D eigenvalue weighted by atomic mass is 10.2. The molecule has 2 rings (SSSR count). The molecule has 1 aromatic carbocycles. The molecule has 3 nitrogen and oxygen atoms in total. The third-order valence-electron chi connectivity index (χ3n) is 2.09. The number of hydrogen-bond donors (Lipinski definition) is 0. The van der Waals surface area contributed by atoms with E-state index in [1.54, 1.807) is 19.1 Å². The highest BCUT2D eigenvalue weighted by atomic mass is 35.5. The average Bonchev–Trinajstić information content (AvgIpc) is 2.21. The van der Waals surface area contributed by atoms with E-state index in [1.807, 2.05) is 19.1 Å². The van der Waals surface area contributed by atoms with Gasteiger partial charge in [-0.3, -0.25) is 0 Å². The zero-order valence-electron chi connectivity index (χ0n) is 9.37. The fourth-order valence-corrected chi connectivity index (χ4v) is 1.85. The third kappa shape index (κ3) is 3.08. The molecular weight excluding hydrogens is 259 g/mol. The van der Waals surface area contributed by atoms with Crippen molar-refractivity contribution in [1.29, 1.82) is 0 Å². The highest BCUT2D eigenvalue weighted by molar-refractivity contribution is 6.32. The molecular formula is C12H10Cl2N2O. The molecule has 0 saturated heterocycles. The van der Waals surface area contributed by atoms with E-state index >= 15 is 0 Å². The fourth-order valence-electron chi connectivity index (χ4n) is 1.36. The Hall–Kier alpha value is -1.32. The second-order valence-corrected chi connectivity index (χ2v) is 4.41.